The van der Waals surface area contributed by atoms with Gasteiger partial charge in [0.25, 0.3) is 0 Å². The molecule has 0 saturated carbocycles. The van der Waals surface area contributed by atoms with Crippen molar-refractivity contribution in [3.05, 3.63) is 0 Å². The monoisotopic (exact) mass is 408 g/mol. The molecule has 3 N–H and O–H groups in total. The number of hydrogen-bond acceptors (Lipinski definition) is 6. The summed E-state index contributed by atoms with van der Waals surface area (Å²) in [5.74, 6) is 0. The maximum atomic E-state index is 10.6. The Balaban J connectivity index is 2.81. The van der Waals surface area contributed by atoms with Crippen LogP contribution in [-0.4, -0.2) is 69.3 Å². The van der Waals surface area contributed by atoms with E-state index in [1.54, 1.807) is 0 Å². The van der Waals surface area contributed by atoms with Crippen LogP contribution in [0.3, 0.4) is 0 Å². The first kappa shape index (κ1) is 24.2. The fourth-order valence-corrected chi connectivity index (χ4v) is 4.51. The summed E-state index contributed by atoms with van der Waals surface area (Å²) in [5.41, 5.74) is 0. The van der Waals surface area contributed by atoms with E-state index in [2.05, 4.69) is 54.6 Å². The molecule has 0 bridgehead atoms. The lowest BCUT2D eigenvalue weighted by Crippen LogP contribution is -2.63. The van der Waals surface area contributed by atoms with Gasteiger partial charge >= 0.3 is 0 Å². The minimum Gasteiger partial charge on any atom is -0.414 e. The molecule has 156 valence electrons. The van der Waals surface area contributed by atoms with Crippen LogP contribution in [-0.2, 0) is 13.6 Å². The highest BCUT2D eigenvalue weighted by molar-refractivity contribution is 6.74. The third-order valence-corrected chi connectivity index (χ3v) is 15.3. The lowest BCUT2D eigenvalue weighted by Gasteiger charge is -2.47. The van der Waals surface area contributed by atoms with Crippen molar-refractivity contribution in [3.8, 4) is 0 Å². The zero-order chi connectivity index (χ0) is 20.7. The summed E-state index contributed by atoms with van der Waals surface area (Å²) >= 11 is 0. The zero-order valence-electron chi connectivity index (χ0n) is 18.2. The summed E-state index contributed by atoms with van der Waals surface area (Å²) in [6, 6.07) is 0. The van der Waals surface area contributed by atoms with Crippen molar-refractivity contribution in [2.45, 2.75) is 109 Å². The molecule has 0 spiro atoms. The number of rotatable bonds is 5. The van der Waals surface area contributed by atoms with E-state index in [-0.39, 0.29) is 16.7 Å². The van der Waals surface area contributed by atoms with E-state index in [1.165, 1.54) is 0 Å². The lowest BCUT2D eigenvalue weighted by molar-refractivity contribution is -0.282. The maximum Gasteiger partial charge on any atom is 0.192 e. The summed E-state index contributed by atoms with van der Waals surface area (Å²) in [6.45, 7) is 21.0. The van der Waals surface area contributed by atoms with Crippen LogP contribution in [0.4, 0.5) is 0 Å². The lowest BCUT2D eigenvalue weighted by atomic mass is 9.99. The quantitative estimate of drug-likeness (QED) is 0.606. The van der Waals surface area contributed by atoms with Crippen molar-refractivity contribution in [2.75, 3.05) is 6.61 Å². The fourth-order valence-electron chi connectivity index (χ4n) is 2.21. The largest absolute Gasteiger partial charge is 0.414 e. The number of aliphatic hydroxyl groups is 3. The molecule has 0 aliphatic carbocycles. The van der Waals surface area contributed by atoms with Crippen LogP contribution in [0.15, 0.2) is 0 Å². The molecule has 0 amide bonds. The van der Waals surface area contributed by atoms with Gasteiger partial charge in [0.05, 0.1) is 6.61 Å². The second-order valence-corrected chi connectivity index (χ2v) is 20.0. The Morgan fingerprint density at radius 2 is 1.27 bits per heavy atom. The minimum atomic E-state index is -2.24. The second kappa shape index (κ2) is 7.90. The number of ether oxygens (including phenoxy) is 1. The molecule has 0 aromatic rings. The Hall–Kier alpha value is 0.194. The summed E-state index contributed by atoms with van der Waals surface area (Å²) in [7, 11) is -4.26. The van der Waals surface area contributed by atoms with Crippen LogP contribution in [0, 0.1) is 0 Å². The molecule has 0 unspecified atom stereocenters. The van der Waals surface area contributed by atoms with Crippen LogP contribution in [0.1, 0.15) is 41.5 Å². The topological polar surface area (TPSA) is 88.4 Å². The Morgan fingerprint density at radius 1 is 0.808 bits per heavy atom. The Kier molecular flexibility index (Phi) is 7.37. The summed E-state index contributed by atoms with van der Waals surface area (Å²) in [4.78, 5) is 0. The first-order chi connectivity index (χ1) is 11.4. The molecule has 8 heteroatoms. The Bertz CT molecular complexity index is 467. The predicted molar refractivity (Wildman–Crippen MR) is 108 cm³/mol. The highest BCUT2D eigenvalue weighted by Crippen LogP contribution is 2.40. The van der Waals surface area contributed by atoms with Crippen molar-refractivity contribution in [3.63, 3.8) is 0 Å². The molecule has 1 aliphatic heterocycles. The van der Waals surface area contributed by atoms with Gasteiger partial charge in [0.15, 0.2) is 22.9 Å². The predicted octanol–water partition coefficient (Wildman–Crippen LogP) is 2.84. The standard InChI is InChI=1S/C18H40O6Si2/c1-17(2,3)25(7,8)22-11-12-13(19)14(20)15(16(21)23-12)24-26(9,10)18(4,5)6/h12-16,19-21H,11H2,1-10H3/t12-,13-,14+,15-,16+/m1/s1. The van der Waals surface area contributed by atoms with E-state index in [1.807, 2.05) is 13.1 Å². The summed E-state index contributed by atoms with van der Waals surface area (Å²) in [6.07, 6.45) is -5.43. The minimum absolute atomic E-state index is 0.0256. The summed E-state index contributed by atoms with van der Waals surface area (Å²) < 4.78 is 17.8. The van der Waals surface area contributed by atoms with E-state index in [0.29, 0.717) is 0 Å². The van der Waals surface area contributed by atoms with Gasteiger partial charge in [-0.1, -0.05) is 41.5 Å². The normalized spacial score (nSPS) is 32.0. The van der Waals surface area contributed by atoms with Crippen LogP contribution in [0.2, 0.25) is 36.3 Å². The molecule has 1 fully saturated rings. The third kappa shape index (κ3) is 5.38. The molecule has 6 nitrogen and oxygen atoms in total. The smallest absolute Gasteiger partial charge is 0.192 e. The van der Waals surface area contributed by atoms with Crippen molar-refractivity contribution in [2.24, 2.45) is 0 Å². The van der Waals surface area contributed by atoms with Crippen LogP contribution < -0.4 is 0 Å². The highest BCUT2D eigenvalue weighted by Gasteiger charge is 2.50. The van der Waals surface area contributed by atoms with Gasteiger partial charge in [0, 0.05) is 0 Å². The average Bonchev–Trinajstić information content (AvgIpc) is 2.43. The molecule has 5 atom stereocenters. The highest BCUT2D eigenvalue weighted by atomic mass is 28.4. The van der Waals surface area contributed by atoms with E-state index in [0.717, 1.165) is 0 Å². The van der Waals surface area contributed by atoms with Crippen molar-refractivity contribution in [1.29, 1.82) is 0 Å². The van der Waals surface area contributed by atoms with Crippen molar-refractivity contribution < 1.29 is 28.9 Å². The SMILES string of the molecule is CC(C)(C)[Si](C)(C)OC[C@H]1O[C@H](O)[C@H](O[Si](C)(C)C(C)(C)C)[C@@H](O)[C@@H]1O. The number of aliphatic hydroxyl groups excluding tert-OH is 3. The van der Waals surface area contributed by atoms with Crippen LogP contribution >= 0.6 is 0 Å². The van der Waals surface area contributed by atoms with Gasteiger partial charge in [-0.2, -0.15) is 0 Å². The number of hydrogen-bond donors (Lipinski definition) is 3. The molecule has 1 rings (SSSR count). The van der Waals surface area contributed by atoms with Gasteiger partial charge in [-0.25, -0.2) is 0 Å². The van der Waals surface area contributed by atoms with Crippen molar-refractivity contribution in [1.82, 2.24) is 0 Å². The molecule has 0 aromatic carbocycles. The van der Waals surface area contributed by atoms with Gasteiger partial charge in [0.2, 0.25) is 0 Å². The van der Waals surface area contributed by atoms with E-state index < -0.39 is 47.3 Å². The summed E-state index contributed by atoms with van der Waals surface area (Å²) in [5, 5.41) is 31.4. The molecular weight excluding hydrogens is 368 g/mol. The molecule has 1 heterocycles. The Labute approximate surface area is 161 Å². The fraction of sp³-hybridized carbons (Fsp3) is 1.00. The molecule has 1 saturated heterocycles. The molecule has 1 aliphatic rings. The van der Waals surface area contributed by atoms with E-state index >= 15 is 0 Å². The van der Waals surface area contributed by atoms with E-state index in [4.69, 9.17) is 13.6 Å². The molecule has 0 aromatic heterocycles. The molecular formula is C18H40O6Si2. The first-order valence-corrected chi connectivity index (χ1v) is 15.2. The third-order valence-electron chi connectivity index (χ3n) is 6.31. The zero-order valence-corrected chi connectivity index (χ0v) is 20.2. The van der Waals surface area contributed by atoms with E-state index in [9.17, 15) is 15.3 Å². The Morgan fingerprint density at radius 3 is 1.69 bits per heavy atom. The second-order valence-electron chi connectivity index (χ2n) is 10.5. The van der Waals surface area contributed by atoms with Crippen LogP contribution in [0.25, 0.3) is 0 Å². The van der Waals surface area contributed by atoms with Gasteiger partial charge in [-0.3, -0.25) is 0 Å². The maximum absolute atomic E-state index is 10.6. The van der Waals surface area contributed by atoms with Crippen LogP contribution in [0.5, 0.6) is 0 Å². The van der Waals surface area contributed by atoms with Gasteiger partial charge < -0.3 is 28.9 Å². The van der Waals surface area contributed by atoms with Gasteiger partial charge in [0.1, 0.15) is 24.4 Å². The first-order valence-electron chi connectivity index (χ1n) is 9.42. The van der Waals surface area contributed by atoms with Crippen molar-refractivity contribution >= 4 is 16.6 Å². The van der Waals surface area contributed by atoms with Gasteiger partial charge in [-0.15, -0.1) is 0 Å². The average molecular weight is 409 g/mol. The van der Waals surface area contributed by atoms with Gasteiger partial charge in [-0.05, 0) is 36.3 Å². The molecule has 26 heavy (non-hydrogen) atoms. The molecule has 0 radical (unpaired) electrons.